The van der Waals surface area contributed by atoms with Gasteiger partial charge in [0.15, 0.2) is 0 Å². The number of carbonyl (C=O) groups excluding carboxylic acids is 5. The Morgan fingerprint density at radius 3 is 2.29 bits per heavy atom. The van der Waals surface area contributed by atoms with E-state index in [1.165, 1.54) is 41.0 Å². The third-order valence-corrected chi connectivity index (χ3v) is 7.89. The average Bonchev–Trinajstić information content (AvgIpc) is 3.49. The van der Waals surface area contributed by atoms with Crippen LogP contribution in [0.2, 0.25) is 0 Å². The molecule has 4 rings (SSSR count). The Kier molecular flexibility index (Phi) is 11.1. The van der Waals surface area contributed by atoms with Crippen molar-refractivity contribution in [3.8, 4) is 5.75 Å². The molecule has 2 fully saturated rings. The van der Waals surface area contributed by atoms with Crippen LogP contribution in [0.25, 0.3) is 0 Å². The molecular formula is C32H39F2N5O6. The molecule has 45 heavy (non-hydrogen) atoms. The number of hydrogen-bond acceptors (Lipinski definition) is 6. The molecule has 242 valence electrons. The minimum Gasteiger partial charge on any atom is -0.435 e. The van der Waals surface area contributed by atoms with Crippen molar-refractivity contribution >= 4 is 29.5 Å². The van der Waals surface area contributed by atoms with Crippen molar-refractivity contribution in [1.82, 2.24) is 25.8 Å². The van der Waals surface area contributed by atoms with E-state index in [1.54, 1.807) is 13.8 Å². The standard InChI is InChI=1S/C32H39F2N5O6/c1-19(2)27-29(42)36-23(16-21-8-5-4-6-9-21)17-38(31(44)22-11-13-24(14-12-22)45-32(33)34)18-26(40)35-20(3)30(43)39-15-7-10-25(39)28(41)37-27/h4-6,8-9,11-14,19-20,23,25,27,32H,7,10,15-18H2,1-3H3,(H,35,40)(H,36,42)(H,37,41)/t20-,23-,25+,27-/m0/s1. The number of benzene rings is 2. The SMILES string of the molecule is CC(C)[C@@H]1NC(=O)[C@H]2CCCN2C(=O)[C@H](C)NC(=O)CN(C(=O)c2ccc(OC(F)F)cc2)C[C@H](Cc2ccccc2)NC1=O. The average molecular weight is 628 g/mol. The minimum absolute atomic E-state index is 0.100. The van der Waals surface area contributed by atoms with Crippen LogP contribution < -0.4 is 20.7 Å². The Hall–Kier alpha value is -4.55. The predicted octanol–water partition coefficient (Wildman–Crippen LogP) is 2.11. The second-order valence-corrected chi connectivity index (χ2v) is 11.7. The minimum atomic E-state index is -3.04. The molecule has 0 aliphatic carbocycles. The van der Waals surface area contributed by atoms with E-state index in [-0.39, 0.29) is 23.8 Å². The number of alkyl halides is 2. The lowest BCUT2D eigenvalue weighted by molar-refractivity contribution is -0.142. The maximum Gasteiger partial charge on any atom is 0.387 e. The highest BCUT2D eigenvalue weighted by Gasteiger charge is 2.39. The van der Waals surface area contributed by atoms with Crippen molar-refractivity contribution in [2.75, 3.05) is 19.6 Å². The van der Waals surface area contributed by atoms with Gasteiger partial charge in [-0.05, 0) is 61.9 Å². The Labute approximate surface area is 260 Å². The molecule has 2 aromatic rings. The van der Waals surface area contributed by atoms with Crippen LogP contribution >= 0.6 is 0 Å². The third kappa shape index (κ3) is 8.77. The number of nitrogens with zero attached hydrogens (tertiary/aromatic N) is 2. The molecule has 2 aromatic carbocycles. The van der Waals surface area contributed by atoms with Crippen molar-refractivity contribution in [2.45, 2.75) is 70.8 Å². The van der Waals surface area contributed by atoms with Gasteiger partial charge < -0.3 is 30.5 Å². The molecule has 2 aliphatic heterocycles. The molecule has 0 unspecified atom stereocenters. The van der Waals surface area contributed by atoms with Crippen LogP contribution in [0.15, 0.2) is 54.6 Å². The highest BCUT2D eigenvalue weighted by atomic mass is 19.3. The van der Waals surface area contributed by atoms with Crippen molar-refractivity contribution in [2.24, 2.45) is 5.92 Å². The Balaban J connectivity index is 1.70. The number of hydrogen-bond donors (Lipinski definition) is 3. The van der Waals surface area contributed by atoms with Gasteiger partial charge in [0.25, 0.3) is 5.91 Å². The van der Waals surface area contributed by atoms with Crippen LogP contribution in [0.3, 0.4) is 0 Å². The Morgan fingerprint density at radius 1 is 0.956 bits per heavy atom. The number of rotatable bonds is 6. The number of ether oxygens (including phenoxy) is 1. The maximum absolute atomic E-state index is 13.8. The summed E-state index contributed by atoms with van der Waals surface area (Å²) in [7, 11) is 0. The highest BCUT2D eigenvalue weighted by molar-refractivity contribution is 5.98. The number of fused-ring (bicyclic) bond motifs is 1. The molecule has 0 bridgehead atoms. The second-order valence-electron chi connectivity index (χ2n) is 11.7. The van der Waals surface area contributed by atoms with E-state index in [0.717, 1.165) is 5.56 Å². The normalized spacial score (nSPS) is 23.5. The van der Waals surface area contributed by atoms with Gasteiger partial charge in [-0.15, -0.1) is 0 Å². The zero-order chi connectivity index (χ0) is 32.7. The third-order valence-electron chi connectivity index (χ3n) is 7.89. The number of nitrogens with one attached hydrogen (secondary N) is 3. The molecular weight excluding hydrogens is 588 g/mol. The summed E-state index contributed by atoms with van der Waals surface area (Å²) >= 11 is 0. The summed E-state index contributed by atoms with van der Waals surface area (Å²) in [6, 6.07) is 10.9. The molecule has 2 saturated heterocycles. The van der Waals surface area contributed by atoms with Crippen molar-refractivity contribution < 1.29 is 37.5 Å². The van der Waals surface area contributed by atoms with Gasteiger partial charge in [0.1, 0.15) is 23.9 Å². The Bertz CT molecular complexity index is 1370. The first-order valence-corrected chi connectivity index (χ1v) is 15.0. The summed E-state index contributed by atoms with van der Waals surface area (Å²) in [5, 5.41) is 8.47. The van der Waals surface area contributed by atoms with Gasteiger partial charge in [-0.25, -0.2) is 0 Å². The highest BCUT2D eigenvalue weighted by Crippen LogP contribution is 2.21. The summed E-state index contributed by atoms with van der Waals surface area (Å²) in [5.41, 5.74) is 0.959. The molecule has 0 saturated carbocycles. The van der Waals surface area contributed by atoms with E-state index in [1.807, 2.05) is 30.3 Å². The van der Waals surface area contributed by atoms with E-state index in [4.69, 9.17) is 0 Å². The van der Waals surface area contributed by atoms with E-state index in [2.05, 4.69) is 20.7 Å². The van der Waals surface area contributed by atoms with E-state index in [9.17, 15) is 32.8 Å². The van der Waals surface area contributed by atoms with Crippen molar-refractivity contribution in [3.63, 3.8) is 0 Å². The zero-order valence-corrected chi connectivity index (χ0v) is 25.5. The van der Waals surface area contributed by atoms with E-state index in [0.29, 0.717) is 25.8 Å². The van der Waals surface area contributed by atoms with Gasteiger partial charge in [-0.3, -0.25) is 24.0 Å². The number of carbonyl (C=O) groups is 5. The van der Waals surface area contributed by atoms with Crippen molar-refractivity contribution in [3.05, 3.63) is 65.7 Å². The molecule has 4 atom stereocenters. The molecule has 0 radical (unpaired) electrons. The van der Waals surface area contributed by atoms with Crippen molar-refractivity contribution in [1.29, 1.82) is 0 Å². The molecule has 0 aromatic heterocycles. The number of halogens is 2. The van der Waals surface area contributed by atoms with Gasteiger partial charge >= 0.3 is 6.61 Å². The van der Waals surface area contributed by atoms with Gasteiger partial charge in [0.2, 0.25) is 23.6 Å². The summed E-state index contributed by atoms with van der Waals surface area (Å²) in [6.45, 7) is 1.82. The summed E-state index contributed by atoms with van der Waals surface area (Å²) < 4.78 is 29.7. The van der Waals surface area contributed by atoms with Crippen LogP contribution in [0.4, 0.5) is 8.78 Å². The lowest BCUT2D eigenvalue weighted by Crippen LogP contribution is -2.58. The first-order valence-electron chi connectivity index (χ1n) is 15.0. The van der Waals surface area contributed by atoms with Gasteiger partial charge in [-0.2, -0.15) is 8.78 Å². The van der Waals surface area contributed by atoms with Crippen LogP contribution in [-0.2, 0) is 25.6 Å². The van der Waals surface area contributed by atoms with Crippen LogP contribution in [0.1, 0.15) is 49.5 Å². The fraction of sp³-hybridized carbons (Fsp3) is 0.469. The topological polar surface area (TPSA) is 137 Å². The predicted molar refractivity (Wildman–Crippen MR) is 160 cm³/mol. The number of amides is 5. The fourth-order valence-electron chi connectivity index (χ4n) is 5.66. The fourth-order valence-corrected chi connectivity index (χ4v) is 5.66. The maximum atomic E-state index is 13.8. The quantitative estimate of drug-likeness (QED) is 0.449. The Morgan fingerprint density at radius 2 is 1.64 bits per heavy atom. The first kappa shape index (κ1) is 33.3. The molecule has 3 N–H and O–H groups in total. The van der Waals surface area contributed by atoms with Gasteiger partial charge in [-0.1, -0.05) is 44.2 Å². The molecule has 13 heteroatoms. The zero-order valence-electron chi connectivity index (χ0n) is 25.5. The summed E-state index contributed by atoms with van der Waals surface area (Å²) in [5.74, 6) is -3.03. The summed E-state index contributed by atoms with van der Waals surface area (Å²) in [4.78, 5) is 70.2. The lowest BCUT2D eigenvalue weighted by Gasteiger charge is -2.31. The monoisotopic (exact) mass is 627 g/mol. The van der Waals surface area contributed by atoms with Gasteiger partial charge in [0.05, 0.1) is 12.6 Å². The van der Waals surface area contributed by atoms with Crippen LogP contribution in [0.5, 0.6) is 5.75 Å². The largest absolute Gasteiger partial charge is 0.435 e. The molecule has 2 heterocycles. The molecule has 11 nitrogen and oxygen atoms in total. The summed E-state index contributed by atoms with van der Waals surface area (Å²) in [6.07, 6.45) is 1.31. The van der Waals surface area contributed by atoms with Crippen LogP contribution in [0, 0.1) is 5.92 Å². The lowest BCUT2D eigenvalue weighted by atomic mass is 10.00. The first-order chi connectivity index (χ1) is 21.4. The second kappa shape index (κ2) is 15.0. The molecule has 2 aliphatic rings. The molecule has 0 spiro atoms. The smallest absolute Gasteiger partial charge is 0.387 e. The van der Waals surface area contributed by atoms with Crippen LogP contribution in [-0.4, -0.2) is 89.7 Å². The van der Waals surface area contributed by atoms with Gasteiger partial charge in [0, 0.05) is 18.7 Å². The van der Waals surface area contributed by atoms with E-state index < -0.39 is 66.9 Å². The van der Waals surface area contributed by atoms with E-state index >= 15 is 0 Å². The molecule has 5 amide bonds.